The van der Waals surface area contributed by atoms with E-state index in [1.54, 1.807) is 5.38 Å². The molecule has 5 rings (SSSR count). The molecule has 0 aliphatic carbocycles. The minimum atomic E-state index is -1.18. The fourth-order valence-electron chi connectivity index (χ4n) is 5.11. The Bertz CT molecular complexity index is 1610. The van der Waals surface area contributed by atoms with Crippen molar-refractivity contribution in [2.45, 2.75) is 38.7 Å². The third kappa shape index (κ3) is 4.33. The number of β-lactam (4-membered cyclic amide) rings is 1. The first-order valence-electron chi connectivity index (χ1n) is 12.0. The molecule has 0 bridgehead atoms. The third-order valence-corrected chi connectivity index (χ3v) is 9.22. The lowest BCUT2D eigenvalue weighted by Crippen LogP contribution is -2.71. The maximum atomic E-state index is 13.2. The van der Waals surface area contributed by atoms with Gasteiger partial charge in [0.1, 0.15) is 36.5 Å². The first kappa shape index (κ1) is 26.7. The Morgan fingerprint density at radius 3 is 2.72 bits per heavy atom. The van der Waals surface area contributed by atoms with Gasteiger partial charge in [-0.05, 0) is 38.0 Å². The maximum Gasteiger partial charge on any atom is 0.352 e. The number of nitrogen functional groups attached to an aromatic ring is 1. The molecule has 1 fully saturated rings. The van der Waals surface area contributed by atoms with E-state index in [1.165, 1.54) is 29.3 Å². The fourth-order valence-corrected chi connectivity index (χ4v) is 6.99. The van der Waals surface area contributed by atoms with Crippen LogP contribution in [-0.4, -0.2) is 67.4 Å². The van der Waals surface area contributed by atoms with Crippen molar-refractivity contribution in [3.63, 3.8) is 0 Å². The number of thioether (sulfide) groups is 1. The molecule has 4 heterocycles. The molecule has 0 saturated carbocycles. The second-order valence-electron chi connectivity index (χ2n) is 9.38. The Balaban J connectivity index is 1.42. The molecule has 0 radical (unpaired) electrons. The highest BCUT2D eigenvalue weighted by atomic mass is 32.2. The predicted molar refractivity (Wildman–Crippen MR) is 147 cm³/mol. The van der Waals surface area contributed by atoms with Crippen LogP contribution >= 0.6 is 23.1 Å². The molecule has 3 aromatic rings. The topological polar surface area (TPSA) is 156 Å². The normalized spacial score (nSPS) is 19.3. The number of hydrogen-bond donors (Lipinski definition) is 3. The molecule has 1 saturated heterocycles. The number of carboxylic acids is 1. The quantitative estimate of drug-likeness (QED) is 0.166. The van der Waals surface area contributed by atoms with Gasteiger partial charge in [-0.3, -0.25) is 14.5 Å². The average molecular weight is 571 g/mol. The molecule has 14 heteroatoms. The number of nitrogens with zero attached hydrogens (tertiary/aromatic N) is 5. The number of benzene rings is 1. The summed E-state index contributed by atoms with van der Waals surface area (Å²) in [5, 5.41) is 18.9. The molecule has 2 aliphatic rings. The zero-order valence-electron chi connectivity index (χ0n) is 22.0. The minimum Gasteiger partial charge on any atom is -0.477 e. The van der Waals surface area contributed by atoms with Crippen molar-refractivity contribution in [3.05, 3.63) is 51.3 Å². The van der Waals surface area contributed by atoms with E-state index in [1.807, 2.05) is 23.3 Å². The molecule has 4 N–H and O–H groups in total. The average Bonchev–Trinajstić information content (AvgIpc) is 3.43. The molecule has 0 unspecified atom stereocenters. The minimum absolute atomic E-state index is 0.0441. The number of aryl methyl sites for hydroxylation is 4. The standard InChI is InChI=1S/C25H27N7O5S2/c1-11-6-7-15-13(3)31(30(4)19(15)12(11)2)8-14-9-38-23-18(22(34)32(23)20(14)24(35)36)28-21(33)17(29-37-5)16-10-39-25(26)27-16/h6-7,10,18,23H,8-9H2,1-5H3,(H3-,26,27,28,33,35,36)/p+1/b29-17-/t18-,23-/m1/s1. The summed E-state index contributed by atoms with van der Waals surface area (Å²) < 4.78 is 4.08. The smallest absolute Gasteiger partial charge is 0.352 e. The summed E-state index contributed by atoms with van der Waals surface area (Å²) in [4.78, 5) is 48.7. The van der Waals surface area contributed by atoms with Gasteiger partial charge in [0.2, 0.25) is 5.52 Å². The van der Waals surface area contributed by atoms with Crippen LogP contribution in [0.3, 0.4) is 0 Å². The van der Waals surface area contributed by atoms with Crippen LogP contribution in [0.25, 0.3) is 10.9 Å². The number of thiazole rings is 1. The van der Waals surface area contributed by atoms with Crippen molar-refractivity contribution < 1.29 is 29.0 Å². The first-order chi connectivity index (χ1) is 18.5. The monoisotopic (exact) mass is 570 g/mol. The number of carbonyl (C=O) groups is 3. The van der Waals surface area contributed by atoms with Gasteiger partial charge in [-0.2, -0.15) is 4.68 Å². The van der Waals surface area contributed by atoms with E-state index in [0.717, 1.165) is 33.5 Å². The molecule has 2 amide bonds. The van der Waals surface area contributed by atoms with Gasteiger partial charge in [0.15, 0.2) is 17.9 Å². The largest absolute Gasteiger partial charge is 0.477 e. The lowest BCUT2D eigenvalue weighted by atomic mass is 10.0. The molecule has 12 nitrogen and oxygen atoms in total. The van der Waals surface area contributed by atoms with Crippen LogP contribution in [0.1, 0.15) is 22.5 Å². The number of carboxylic acid groups (broad SMARTS) is 1. The molecule has 2 atom stereocenters. The van der Waals surface area contributed by atoms with Gasteiger partial charge in [-0.15, -0.1) is 27.8 Å². The molecular formula is C25H28N7O5S2+. The van der Waals surface area contributed by atoms with E-state index in [2.05, 4.69) is 41.4 Å². The number of hydrogen-bond acceptors (Lipinski definition) is 9. The number of nitrogens with two attached hydrogens (primary N) is 1. The van der Waals surface area contributed by atoms with E-state index in [0.29, 0.717) is 17.9 Å². The Kier molecular flexibility index (Phi) is 6.84. The Labute approximate surface area is 232 Å². The number of amides is 2. The van der Waals surface area contributed by atoms with Crippen molar-refractivity contribution in [1.29, 1.82) is 0 Å². The van der Waals surface area contributed by atoms with Crippen LogP contribution in [0, 0.1) is 20.8 Å². The number of aliphatic carboxylic acids is 1. The number of nitrogens with one attached hydrogen (secondary N) is 1. The summed E-state index contributed by atoms with van der Waals surface area (Å²) in [7, 11) is 3.25. The molecule has 204 valence electrons. The van der Waals surface area contributed by atoms with Gasteiger partial charge in [0.25, 0.3) is 11.8 Å². The summed E-state index contributed by atoms with van der Waals surface area (Å²) in [5.74, 6) is -1.97. The van der Waals surface area contributed by atoms with Crippen molar-refractivity contribution in [2.75, 3.05) is 18.6 Å². The number of rotatable bonds is 7. The number of carbonyl (C=O) groups excluding carboxylic acids is 2. The fraction of sp³-hybridized carbons (Fsp3) is 0.360. The van der Waals surface area contributed by atoms with Crippen LogP contribution in [0.5, 0.6) is 0 Å². The molecule has 2 aliphatic heterocycles. The van der Waals surface area contributed by atoms with Gasteiger partial charge in [0.05, 0.1) is 11.1 Å². The van der Waals surface area contributed by atoms with Gasteiger partial charge in [-0.1, -0.05) is 11.2 Å². The van der Waals surface area contributed by atoms with Crippen molar-refractivity contribution in [1.82, 2.24) is 19.9 Å². The maximum absolute atomic E-state index is 13.2. The first-order valence-corrected chi connectivity index (χ1v) is 14.0. The van der Waals surface area contributed by atoms with Gasteiger partial charge < -0.3 is 21.0 Å². The van der Waals surface area contributed by atoms with E-state index < -0.39 is 29.2 Å². The Morgan fingerprint density at radius 2 is 2.08 bits per heavy atom. The van der Waals surface area contributed by atoms with E-state index in [9.17, 15) is 19.5 Å². The highest BCUT2D eigenvalue weighted by molar-refractivity contribution is 8.00. The van der Waals surface area contributed by atoms with E-state index in [-0.39, 0.29) is 22.2 Å². The lowest BCUT2D eigenvalue weighted by Gasteiger charge is -2.49. The van der Waals surface area contributed by atoms with Crippen LogP contribution in [0.2, 0.25) is 0 Å². The summed E-state index contributed by atoms with van der Waals surface area (Å²) >= 11 is 2.54. The van der Waals surface area contributed by atoms with Gasteiger partial charge >= 0.3 is 5.97 Å². The summed E-state index contributed by atoms with van der Waals surface area (Å²) in [6.45, 7) is 6.45. The van der Waals surface area contributed by atoms with Gasteiger partial charge in [0, 0.05) is 16.7 Å². The second-order valence-corrected chi connectivity index (χ2v) is 11.4. The molecule has 0 spiro atoms. The zero-order valence-corrected chi connectivity index (χ0v) is 23.6. The van der Waals surface area contributed by atoms with Crippen LogP contribution in [-0.2, 0) is 32.8 Å². The third-order valence-electron chi connectivity index (χ3n) is 7.20. The van der Waals surface area contributed by atoms with Crippen LogP contribution in [0.4, 0.5) is 5.13 Å². The predicted octanol–water partition coefficient (Wildman–Crippen LogP) is 1.22. The van der Waals surface area contributed by atoms with Gasteiger partial charge in [-0.25, -0.2) is 9.78 Å². The van der Waals surface area contributed by atoms with Crippen LogP contribution < -0.4 is 15.7 Å². The van der Waals surface area contributed by atoms with Crippen LogP contribution in [0.15, 0.2) is 33.9 Å². The highest BCUT2D eigenvalue weighted by Crippen LogP contribution is 2.41. The highest BCUT2D eigenvalue weighted by Gasteiger charge is 2.54. The van der Waals surface area contributed by atoms with Crippen molar-refractivity contribution >= 4 is 62.6 Å². The van der Waals surface area contributed by atoms with Crippen molar-refractivity contribution in [3.8, 4) is 0 Å². The number of anilines is 1. The van der Waals surface area contributed by atoms with Crippen molar-refractivity contribution in [2.24, 2.45) is 12.2 Å². The molecular weight excluding hydrogens is 542 g/mol. The van der Waals surface area contributed by atoms with E-state index >= 15 is 0 Å². The number of oxime groups is 1. The SMILES string of the molecule is CO/N=C(\C(=O)N[C@@H]1C(=O)N2C(C(=O)O)=C(Cn3c(C)c4ccc(C)c(C)c4[n+]3C)CS[C@H]12)c1csc(N)n1. The zero-order chi connectivity index (χ0) is 28.2. The molecule has 39 heavy (non-hydrogen) atoms. The summed E-state index contributed by atoms with van der Waals surface area (Å²) in [6.07, 6.45) is 0. The summed E-state index contributed by atoms with van der Waals surface area (Å²) in [6, 6.07) is 3.24. The number of fused-ring (bicyclic) bond motifs is 2. The Morgan fingerprint density at radius 1 is 1.33 bits per heavy atom. The Hall–Kier alpha value is -3.91. The molecule has 2 aromatic heterocycles. The number of aromatic nitrogens is 3. The lowest BCUT2D eigenvalue weighted by molar-refractivity contribution is -0.730. The summed E-state index contributed by atoms with van der Waals surface area (Å²) in [5.41, 5.74) is 10.8. The second kappa shape index (κ2) is 10.0. The van der Waals surface area contributed by atoms with E-state index in [4.69, 9.17) is 10.6 Å². The molecule has 1 aromatic carbocycles.